The molecule has 2 aromatic heterocycles. The quantitative estimate of drug-likeness (QED) is 0.773. The zero-order valence-electron chi connectivity index (χ0n) is 8.71. The number of hydrogen-bond donors (Lipinski definition) is 1. The molecule has 82 valence electrons. The molecule has 2 rings (SSSR count). The standard InChI is InChI=1S/C11H12N4O/c12-10-3-4-11(13-7-10)15-8-9(6-14-15)2-1-5-16/h3-8H,1-2,12H2. The number of hydrogen-bond acceptors (Lipinski definition) is 4. The highest BCUT2D eigenvalue weighted by molar-refractivity contribution is 5.49. The van der Waals surface area contributed by atoms with E-state index in [1.807, 2.05) is 6.20 Å². The fraction of sp³-hybridized carbons (Fsp3) is 0.182. The minimum Gasteiger partial charge on any atom is -0.397 e. The maximum atomic E-state index is 10.2. The van der Waals surface area contributed by atoms with Gasteiger partial charge in [0.2, 0.25) is 0 Å². The van der Waals surface area contributed by atoms with Crippen LogP contribution in [0.3, 0.4) is 0 Å². The lowest BCUT2D eigenvalue weighted by Gasteiger charge is -1.99. The molecule has 0 aromatic carbocycles. The minimum atomic E-state index is 0.515. The SMILES string of the molecule is Nc1ccc(-n2cc(CCC=O)cn2)nc1. The predicted molar refractivity (Wildman–Crippen MR) is 60.2 cm³/mol. The van der Waals surface area contributed by atoms with E-state index in [1.165, 1.54) is 0 Å². The summed E-state index contributed by atoms with van der Waals surface area (Å²) in [6, 6.07) is 3.57. The van der Waals surface area contributed by atoms with Gasteiger partial charge in [-0.15, -0.1) is 0 Å². The van der Waals surface area contributed by atoms with Crippen LogP contribution in [0.25, 0.3) is 5.82 Å². The first kappa shape index (κ1) is 10.4. The highest BCUT2D eigenvalue weighted by atomic mass is 16.1. The highest BCUT2D eigenvalue weighted by Gasteiger charge is 2.01. The molecule has 0 radical (unpaired) electrons. The highest BCUT2D eigenvalue weighted by Crippen LogP contribution is 2.08. The number of anilines is 1. The molecule has 0 spiro atoms. The van der Waals surface area contributed by atoms with Crippen LogP contribution in [0.4, 0.5) is 5.69 Å². The first-order valence-corrected chi connectivity index (χ1v) is 4.98. The molecule has 5 nitrogen and oxygen atoms in total. The van der Waals surface area contributed by atoms with Gasteiger partial charge in [0.05, 0.1) is 18.1 Å². The predicted octanol–water partition coefficient (Wildman–Crippen LogP) is 0.981. The van der Waals surface area contributed by atoms with E-state index >= 15 is 0 Å². The zero-order valence-corrected chi connectivity index (χ0v) is 8.71. The van der Waals surface area contributed by atoms with Crippen LogP contribution >= 0.6 is 0 Å². The monoisotopic (exact) mass is 216 g/mol. The smallest absolute Gasteiger partial charge is 0.153 e. The summed E-state index contributed by atoms with van der Waals surface area (Å²) < 4.78 is 1.67. The summed E-state index contributed by atoms with van der Waals surface area (Å²) in [5.41, 5.74) is 7.19. The maximum Gasteiger partial charge on any atom is 0.153 e. The van der Waals surface area contributed by atoms with Crippen molar-refractivity contribution in [2.24, 2.45) is 0 Å². The molecule has 0 atom stereocenters. The van der Waals surface area contributed by atoms with Gasteiger partial charge in [0.1, 0.15) is 6.29 Å². The Hall–Kier alpha value is -2.17. The molecule has 2 N–H and O–H groups in total. The molecule has 0 unspecified atom stereocenters. The van der Waals surface area contributed by atoms with Crippen molar-refractivity contribution >= 4 is 12.0 Å². The van der Waals surface area contributed by atoms with Crippen LogP contribution in [-0.2, 0) is 11.2 Å². The molecule has 0 aliphatic carbocycles. The Balaban J connectivity index is 2.17. The Labute approximate surface area is 92.9 Å². The molecule has 2 aromatic rings. The summed E-state index contributed by atoms with van der Waals surface area (Å²) >= 11 is 0. The van der Waals surface area contributed by atoms with Gasteiger partial charge in [0.25, 0.3) is 0 Å². The van der Waals surface area contributed by atoms with E-state index in [-0.39, 0.29) is 0 Å². The van der Waals surface area contributed by atoms with Crippen molar-refractivity contribution in [3.8, 4) is 5.82 Å². The Bertz CT molecular complexity index is 475. The second-order valence-electron chi connectivity index (χ2n) is 3.45. The third kappa shape index (κ3) is 2.25. The van der Waals surface area contributed by atoms with E-state index in [4.69, 9.17) is 5.73 Å². The molecule has 0 bridgehead atoms. The van der Waals surface area contributed by atoms with Crippen molar-refractivity contribution in [3.05, 3.63) is 36.3 Å². The normalized spacial score (nSPS) is 10.2. The zero-order chi connectivity index (χ0) is 11.4. The molecular weight excluding hydrogens is 204 g/mol. The molecular formula is C11H12N4O. The fourth-order valence-electron chi connectivity index (χ4n) is 1.37. The van der Waals surface area contributed by atoms with E-state index in [9.17, 15) is 4.79 Å². The number of aldehydes is 1. The summed E-state index contributed by atoms with van der Waals surface area (Å²) in [6.07, 6.45) is 7.31. The van der Waals surface area contributed by atoms with Gasteiger partial charge < -0.3 is 10.5 Å². The van der Waals surface area contributed by atoms with Crippen molar-refractivity contribution in [3.63, 3.8) is 0 Å². The van der Waals surface area contributed by atoms with E-state index in [0.29, 0.717) is 24.3 Å². The van der Waals surface area contributed by atoms with Crippen molar-refractivity contribution in [1.82, 2.24) is 14.8 Å². The van der Waals surface area contributed by atoms with Gasteiger partial charge in [0.15, 0.2) is 5.82 Å². The molecule has 0 aliphatic heterocycles. The van der Waals surface area contributed by atoms with Crippen molar-refractivity contribution in [2.45, 2.75) is 12.8 Å². The van der Waals surface area contributed by atoms with Crippen LogP contribution in [0.5, 0.6) is 0 Å². The van der Waals surface area contributed by atoms with Crippen molar-refractivity contribution in [2.75, 3.05) is 5.73 Å². The first-order chi connectivity index (χ1) is 7.79. The van der Waals surface area contributed by atoms with Gasteiger partial charge >= 0.3 is 0 Å². The van der Waals surface area contributed by atoms with Crippen LogP contribution in [0.2, 0.25) is 0 Å². The van der Waals surface area contributed by atoms with Gasteiger partial charge in [-0.2, -0.15) is 5.10 Å². The van der Waals surface area contributed by atoms with Crippen molar-refractivity contribution in [1.29, 1.82) is 0 Å². The van der Waals surface area contributed by atoms with Gasteiger partial charge in [-0.25, -0.2) is 9.67 Å². The lowest BCUT2D eigenvalue weighted by molar-refractivity contribution is -0.107. The van der Waals surface area contributed by atoms with Crippen LogP contribution in [0, 0.1) is 0 Å². The van der Waals surface area contributed by atoms with Gasteiger partial charge in [0, 0.05) is 12.6 Å². The van der Waals surface area contributed by atoms with Gasteiger partial charge in [-0.05, 0) is 24.1 Å². The summed E-state index contributed by atoms with van der Waals surface area (Å²) in [6.45, 7) is 0. The number of nitrogens with zero attached hydrogens (tertiary/aromatic N) is 3. The summed E-state index contributed by atoms with van der Waals surface area (Å²) in [4.78, 5) is 14.4. The fourth-order valence-corrected chi connectivity index (χ4v) is 1.37. The molecule has 16 heavy (non-hydrogen) atoms. The summed E-state index contributed by atoms with van der Waals surface area (Å²) in [7, 11) is 0. The second-order valence-corrected chi connectivity index (χ2v) is 3.45. The third-order valence-electron chi connectivity index (χ3n) is 2.19. The van der Waals surface area contributed by atoms with E-state index in [0.717, 1.165) is 11.8 Å². The van der Waals surface area contributed by atoms with E-state index < -0.39 is 0 Å². The Morgan fingerprint density at radius 1 is 1.38 bits per heavy atom. The molecule has 0 fully saturated rings. The number of carbonyl (C=O) groups excluding carboxylic acids is 1. The molecule has 0 saturated heterocycles. The second kappa shape index (κ2) is 4.57. The molecule has 0 aliphatic rings. The van der Waals surface area contributed by atoms with Gasteiger partial charge in [-0.1, -0.05) is 0 Å². The summed E-state index contributed by atoms with van der Waals surface area (Å²) in [5.74, 6) is 0.714. The number of aryl methyl sites for hydroxylation is 1. The third-order valence-corrected chi connectivity index (χ3v) is 2.19. The van der Waals surface area contributed by atoms with Crippen molar-refractivity contribution < 1.29 is 4.79 Å². The number of nitrogen functional groups attached to an aromatic ring is 1. The number of rotatable bonds is 4. The molecule has 2 heterocycles. The largest absolute Gasteiger partial charge is 0.397 e. The van der Waals surface area contributed by atoms with Crippen LogP contribution < -0.4 is 5.73 Å². The maximum absolute atomic E-state index is 10.2. The van der Waals surface area contributed by atoms with Crippen LogP contribution in [0.1, 0.15) is 12.0 Å². The van der Waals surface area contributed by atoms with Crippen LogP contribution in [0.15, 0.2) is 30.7 Å². The van der Waals surface area contributed by atoms with Crippen LogP contribution in [-0.4, -0.2) is 21.1 Å². The Morgan fingerprint density at radius 2 is 2.25 bits per heavy atom. The lowest BCUT2D eigenvalue weighted by Crippen LogP contribution is -1.98. The Kier molecular flexibility index (Phi) is 2.95. The average Bonchev–Trinajstić information content (AvgIpc) is 2.76. The topological polar surface area (TPSA) is 73.8 Å². The van der Waals surface area contributed by atoms with E-state index in [2.05, 4.69) is 10.1 Å². The molecule has 0 amide bonds. The number of pyridine rings is 1. The number of aromatic nitrogens is 3. The minimum absolute atomic E-state index is 0.515. The van der Waals surface area contributed by atoms with Gasteiger partial charge in [-0.3, -0.25) is 0 Å². The number of carbonyl (C=O) groups is 1. The molecule has 0 saturated carbocycles. The average molecular weight is 216 g/mol. The Morgan fingerprint density at radius 3 is 2.94 bits per heavy atom. The number of nitrogens with two attached hydrogens (primary N) is 1. The molecule has 5 heteroatoms. The lowest BCUT2D eigenvalue weighted by atomic mass is 10.2. The van der Waals surface area contributed by atoms with E-state index in [1.54, 1.807) is 29.2 Å². The first-order valence-electron chi connectivity index (χ1n) is 4.98. The summed E-state index contributed by atoms with van der Waals surface area (Å²) in [5, 5.41) is 4.17.